The average molecular weight is 405 g/mol. The summed E-state index contributed by atoms with van der Waals surface area (Å²) < 4.78 is 69.8. The Labute approximate surface area is 156 Å². The lowest BCUT2D eigenvalue weighted by Gasteiger charge is -2.15. The number of hydrogen-bond donors (Lipinski definition) is 3. The molecule has 0 saturated carbocycles. The molecule has 1 atom stereocenters. The summed E-state index contributed by atoms with van der Waals surface area (Å²) in [6, 6.07) is 10.6. The minimum absolute atomic E-state index is 0.0807. The molecule has 0 heterocycles. The lowest BCUT2D eigenvalue weighted by atomic mass is 10.1. The van der Waals surface area contributed by atoms with Crippen LogP contribution in [0.5, 0.6) is 11.5 Å². The molecule has 2 aromatic rings. The van der Waals surface area contributed by atoms with Crippen LogP contribution in [0, 0.1) is 0 Å². The summed E-state index contributed by atoms with van der Waals surface area (Å²) in [7, 11) is 0. The second-order valence-electron chi connectivity index (χ2n) is 5.36. The van der Waals surface area contributed by atoms with E-state index in [1.807, 2.05) is 0 Å². The Hall–Kier alpha value is -3.08. The monoisotopic (exact) mass is 405 g/mol. The van der Waals surface area contributed by atoms with Crippen molar-refractivity contribution in [3.8, 4) is 11.5 Å². The average Bonchev–Trinajstić information content (AvgIpc) is 2.60. The number of nitrogens with two attached hydrogens (primary N) is 1. The van der Waals surface area contributed by atoms with Crippen molar-refractivity contribution in [2.75, 3.05) is 11.9 Å². The van der Waals surface area contributed by atoms with Gasteiger partial charge in [-0.05, 0) is 29.8 Å². The number of aliphatic imine (C=N–C) groups is 1. The molecule has 0 aliphatic rings. The Morgan fingerprint density at radius 1 is 1.14 bits per heavy atom. The number of alkyl halides is 5. The van der Waals surface area contributed by atoms with E-state index < -0.39 is 24.8 Å². The highest BCUT2D eigenvalue weighted by molar-refractivity contribution is 5.93. The van der Waals surface area contributed by atoms with Crippen molar-refractivity contribution in [3.63, 3.8) is 0 Å². The third kappa shape index (κ3) is 6.91. The van der Waals surface area contributed by atoms with Crippen molar-refractivity contribution in [2.45, 2.75) is 19.1 Å². The van der Waals surface area contributed by atoms with Gasteiger partial charge in [-0.1, -0.05) is 24.3 Å². The molecule has 11 heteroatoms. The molecule has 6 nitrogen and oxygen atoms in total. The number of benzene rings is 2. The van der Waals surface area contributed by atoms with E-state index >= 15 is 0 Å². The smallest absolute Gasteiger partial charge is 0.435 e. The Bertz CT molecular complexity index is 815. The molecular formula is C17H16F5N3O3. The van der Waals surface area contributed by atoms with E-state index in [4.69, 9.17) is 5.73 Å². The molecule has 1 unspecified atom stereocenters. The first-order valence-corrected chi connectivity index (χ1v) is 7.78. The van der Waals surface area contributed by atoms with Crippen LogP contribution in [-0.2, 0) is 0 Å². The predicted molar refractivity (Wildman–Crippen MR) is 91.3 cm³/mol. The molecule has 2 aromatic carbocycles. The van der Waals surface area contributed by atoms with Crippen molar-refractivity contribution in [2.24, 2.45) is 10.7 Å². The van der Waals surface area contributed by atoms with Crippen LogP contribution in [0.3, 0.4) is 0 Å². The van der Waals surface area contributed by atoms with Crippen LogP contribution < -0.4 is 20.5 Å². The molecule has 0 bridgehead atoms. The zero-order chi connectivity index (χ0) is 20.7. The first-order valence-electron chi connectivity index (χ1n) is 7.78. The van der Waals surface area contributed by atoms with Crippen LogP contribution in [0.15, 0.2) is 53.5 Å². The summed E-state index contributed by atoms with van der Waals surface area (Å²) in [6.07, 6.45) is -6.09. The standard InChI is InChI=1S/C17H16F5N3O3/c18-15(19)27-11-5-3-4-10(8-11)13(26)9-24-16(23)25-12-6-1-2-7-14(12)28-17(20,21)22/h1-8,13,15,26H,9H2,(H3,23,24,25). The van der Waals surface area contributed by atoms with Gasteiger partial charge < -0.3 is 25.6 Å². The van der Waals surface area contributed by atoms with Crippen molar-refractivity contribution in [3.05, 3.63) is 54.1 Å². The van der Waals surface area contributed by atoms with Gasteiger partial charge in [-0.15, -0.1) is 13.2 Å². The minimum Gasteiger partial charge on any atom is -0.435 e. The van der Waals surface area contributed by atoms with E-state index in [2.05, 4.69) is 19.8 Å². The molecule has 0 aromatic heterocycles. The number of nitrogens with zero attached hydrogens (tertiary/aromatic N) is 1. The third-order valence-electron chi connectivity index (χ3n) is 3.28. The molecule has 4 N–H and O–H groups in total. The van der Waals surface area contributed by atoms with Gasteiger partial charge in [0.05, 0.1) is 18.3 Å². The highest BCUT2D eigenvalue weighted by Gasteiger charge is 2.32. The first kappa shape index (κ1) is 21.2. The van der Waals surface area contributed by atoms with Gasteiger partial charge in [0.1, 0.15) is 5.75 Å². The number of guanidine groups is 1. The summed E-state index contributed by atoms with van der Waals surface area (Å²) in [4.78, 5) is 3.83. The summed E-state index contributed by atoms with van der Waals surface area (Å²) in [5, 5.41) is 12.5. The van der Waals surface area contributed by atoms with Gasteiger partial charge >= 0.3 is 13.0 Å². The van der Waals surface area contributed by atoms with Crippen molar-refractivity contribution in [1.29, 1.82) is 0 Å². The zero-order valence-corrected chi connectivity index (χ0v) is 14.2. The van der Waals surface area contributed by atoms with Gasteiger partial charge in [0.15, 0.2) is 11.7 Å². The van der Waals surface area contributed by atoms with E-state index in [1.165, 1.54) is 42.5 Å². The molecule has 28 heavy (non-hydrogen) atoms. The highest BCUT2D eigenvalue weighted by atomic mass is 19.4. The number of para-hydroxylation sites is 2. The number of ether oxygens (including phenoxy) is 2. The molecular weight excluding hydrogens is 389 g/mol. The molecule has 2 rings (SSSR count). The number of rotatable bonds is 7. The molecule has 0 amide bonds. The minimum atomic E-state index is -4.88. The molecule has 0 saturated heterocycles. The SMILES string of the molecule is NC(=NCC(O)c1cccc(OC(F)F)c1)Nc1ccccc1OC(F)(F)F. The maximum Gasteiger partial charge on any atom is 0.573 e. The molecule has 152 valence electrons. The Balaban J connectivity index is 2.03. The first-order chi connectivity index (χ1) is 13.1. The van der Waals surface area contributed by atoms with Crippen LogP contribution >= 0.6 is 0 Å². The molecule has 0 aliphatic heterocycles. The van der Waals surface area contributed by atoms with Gasteiger partial charge in [-0.3, -0.25) is 4.99 Å². The number of anilines is 1. The van der Waals surface area contributed by atoms with Gasteiger partial charge in [-0.2, -0.15) is 8.78 Å². The van der Waals surface area contributed by atoms with E-state index in [1.54, 1.807) is 0 Å². The normalized spacial score (nSPS) is 13.3. The molecule has 0 spiro atoms. The Morgan fingerprint density at radius 2 is 1.86 bits per heavy atom. The third-order valence-corrected chi connectivity index (χ3v) is 3.28. The van der Waals surface area contributed by atoms with Crippen LogP contribution in [0.1, 0.15) is 11.7 Å². The van der Waals surface area contributed by atoms with Crippen LogP contribution in [-0.4, -0.2) is 30.6 Å². The number of halogens is 5. The van der Waals surface area contributed by atoms with Gasteiger partial charge in [0.25, 0.3) is 0 Å². The van der Waals surface area contributed by atoms with Gasteiger partial charge in [-0.25, -0.2) is 0 Å². The fourth-order valence-electron chi connectivity index (χ4n) is 2.15. The quantitative estimate of drug-likeness (QED) is 0.372. The largest absolute Gasteiger partial charge is 0.573 e. The van der Waals surface area contributed by atoms with E-state index in [0.29, 0.717) is 0 Å². The Kier molecular flexibility index (Phi) is 6.99. The molecule has 0 fully saturated rings. The number of nitrogens with one attached hydrogen (secondary N) is 1. The summed E-state index contributed by atoms with van der Waals surface area (Å²) >= 11 is 0. The summed E-state index contributed by atoms with van der Waals surface area (Å²) in [5.41, 5.74) is 5.79. The number of hydrogen-bond acceptors (Lipinski definition) is 4. The topological polar surface area (TPSA) is 89.1 Å². The van der Waals surface area contributed by atoms with Crippen molar-refractivity contribution in [1.82, 2.24) is 0 Å². The summed E-state index contributed by atoms with van der Waals surface area (Å²) in [6.45, 7) is -3.29. The van der Waals surface area contributed by atoms with Crippen molar-refractivity contribution >= 4 is 11.6 Å². The fraction of sp³-hybridized carbons (Fsp3) is 0.235. The lowest BCUT2D eigenvalue weighted by molar-refractivity contribution is -0.274. The number of aliphatic hydroxyl groups is 1. The van der Waals surface area contributed by atoms with E-state index in [0.717, 1.165) is 6.07 Å². The zero-order valence-electron chi connectivity index (χ0n) is 14.2. The van der Waals surface area contributed by atoms with E-state index in [-0.39, 0.29) is 29.5 Å². The van der Waals surface area contributed by atoms with Crippen LogP contribution in [0.2, 0.25) is 0 Å². The maximum atomic E-state index is 12.4. The van der Waals surface area contributed by atoms with Crippen LogP contribution in [0.25, 0.3) is 0 Å². The molecule has 0 aliphatic carbocycles. The highest BCUT2D eigenvalue weighted by Crippen LogP contribution is 2.29. The number of aliphatic hydroxyl groups excluding tert-OH is 1. The maximum absolute atomic E-state index is 12.4. The lowest BCUT2D eigenvalue weighted by Crippen LogP contribution is -2.25. The van der Waals surface area contributed by atoms with Gasteiger partial charge in [0, 0.05) is 0 Å². The summed E-state index contributed by atoms with van der Waals surface area (Å²) in [5.74, 6) is -0.928. The van der Waals surface area contributed by atoms with Gasteiger partial charge in [0.2, 0.25) is 0 Å². The van der Waals surface area contributed by atoms with Crippen LogP contribution in [0.4, 0.5) is 27.6 Å². The van der Waals surface area contributed by atoms with Crippen molar-refractivity contribution < 1.29 is 36.5 Å². The fourth-order valence-corrected chi connectivity index (χ4v) is 2.15. The second-order valence-corrected chi connectivity index (χ2v) is 5.36. The second kappa shape index (κ2) is 9.22. The Morgan fingerprint density at radius 3 is 2.54 bits per heavy atom. The predicted octanol–water partition coefficient (Wildman–Crippen LogP) is 3.65. The van der Waals surface area contributed by atoms with E-state index in [9.17, 15) is 27.1 Å². The molecule has 0 radical (unpaired) electrons.